The fourth-order valence-corrected chi connectivity index (χ4v) is 4.64. The van der Waals surface area contributed by atoms with Gasteiger partial charge in [0, 0.05) is 37.8 Å². The number of rotatable bonds is 7. The molecule has 3 aromatic carbocycles. The van der Waals surface area contributed by atoms with E-state index in [1.54, 1.807) is 0 Å². The van der Waals surface area contributed by atoms with Crippen LogP contribution in [-0.2, 0) is 19.4 Å². The van der Waals surface area contributed by atoms with Gasteiger partial charge in [0.15, 0.2) is 0 Å². The van der Waals surface area contributed by atoms with Gasteiger partial charge in [0.2, 0.25) is 0 Å². The van der Waals surface area contributed by atoms with E-state index in [0.29, 0.717) is 19.5 Å². The number of fused-ring (bicyclic) bond motifs is 1. The van der Waals surface area contributed by atoms with Crippen LogP contribution in [0.25, 0.3) is 11.3 Å². The number of aromatic nitrogens is 2. The summed E-state index contributed by atoms with van der Waals surface area (Å²) in [6, 6.07) is 24.2. The monoisotopic (exact) mass is 451 g/mol. The van der Waals surface area contributed by atoms with E-state index in [-0.39, 0.29) is 11.9 Å². The normalized spacial score (nSPS) is 14.1. The van der Waals surface area contributed by atoms with Crippen LogP contribution < -0.4 is 11.1 Å². The zero-order valence-electron chi connectivity index (χ0n) is 19.3. The number of H-pyrrole nitrogens is 1. The molecule has 4 N–H and O–H groups in total. The number of nitrogens with zero attached hydrogens (tertiary/aromatic N) is 2. The molecule has 0 radical (unpaired) electrons. The van der Waals surface area contributed by atoms with Crippen LogP contribution >= 0.6 is 0 Å². The Balaban J connectivity index is 1.49. The van der Waals surface area contributed by atoms with Gasteiger partial charge in [-0.3, -0.25) is 4.79 Å². The van der Waals surface area contributed by atoms with Crippen LogP contribution in [-0.4, -0.2) is 34.4 Å². The van der Waals surface area contributed by atoms with Gasteiger partial charge in [-0.2, -0.15) is 0 Å². The van der Waals surface area contributed by atoms with E-state index in [2.05, 4.69) is 40.6 Å². The predicted molar refractivity (Wildman–Crippen MR) is 136 cm³/mol. The number of hydrogen-bond donors (Lipinski definition) is 3. The maximum Gasteiger partial charge on any atom is 0.254 e. The van der Waals surface area contributed by atoms with Gasteiger partial charge < -0.3 is 20.9 Å². The number of amides is 1. The zero-order chi connectivity index (χ0) is 23.5. The number of carbonyl (C=O) groups is 1. The van der Waals surface area contributed by atoms with Crippen molar-refractivity contribution < 1.29 is 4.79 Å². The van der Waals surface area contributed by atoms with Crippen molar-refractivity contribution in [1.82, 2.24) is 14.9 Å². The molecule has 1 amide bonds. The van der Waals surface area contributed by atoms with E-state index in [4.69, 9.17) is 10.7 Å². The first kappa shape index (κ1) is 21.9. The van der Waals surface area contributed by atoms with E-state index in [1.165, 1.54) is 5.56 Å². The Morgan fingerprint density at radius 3 is 2.59 bits per heavy atom. The summed E-state index contributed by atoms with van der Waals surface area (Å²) in [6.45, 7) is 1.12. The quantitative estimate of drug-likeness (QED) is 0.384. The number of carbonyl (C=O) groups excluding carboxylic acids is 1. The molecule has 6 nitrogen and oxygen atoms in total. The number of nitrogens with two attached hydrogens (primary N) is 1. The smallest absolute Gasteiger partial charge is 0.254 e. The Kier molecular flexibility index (Phi) is 6.14. The van der Waals surface area contributed by atoms with Gasteiger partial charge in [0.1, 0.15) is 5.82 Å². The minimum atomic E-state index is -0.192. The van der Waals surface area contributed by atoms with Crippen molar-refractivity contribution in [2.75, 3.05) is 18.9 Å². The van der Waals surface area contributed by atoms with Gasteiger partial charge in [-0.25, -0.2) is 4.98 Å². The highest BCUT2D eigenvalue weighted by atomic mass is 16.2. The summed E-state index contributed by atoms with van der Waals surface area (Å²) in [7, 11) is 1.90. The Bertz CT molecular complexity index is 1280. The molecule has 5 rings (SSSR count). The standard InChI is InChI=1S/C28H29N5O/c1-30-23-10-8-21(9-11-23)25-18-31-27(32-25)26(16-19-5-3-2-4-6-19)33-14-13-22-15-20(17-29)7-12-24(22)28(33)34/h2-12,15,18,26,30H,13-14,16-17,29H2,1H3,(H,31,32). The summed E-state index contributed by atoms with van der Waals surface area (Å²) in [5.41, 5.74) is 12.9. The van der Waals surface area contributed by atoms with Crippen molar-refractivity contribution >= 4 is 11.6 Å². The number of imidazole rings is 1. The molecule has 0 saturated carbocycles. The van der Waals surface area contributed by atoms with Crippen molar-refractivity contribution in [3.05, 3.63) is 107 Å². The number of hydrogen-bond acceptors (Lipinski definition) is 4. The summed E-state index contributed by atoms with van der Waals surface area (Å²) >= 11 is 0. The van der Waals surface area contributed by atoms with Crippen molar-refractivity contribution in [2.24, 2.45) is 5.73 Å². The highest BCUT2D eigenvalue weighted by Gasteiger charge is 2.32. The average molecular weight is 452 g/mol. The topological polar surface area (TPSA) is 87.0 Å². The lowest BCUT2D eigenvalue weighted by Crippen LogP contribution is -2.41. The first-order chi connectivity index (χ1) is 16.7. The molecular formula is C28H29N5O. The highest BCUT2D eigenvalue weighted by Crippen LogP contribution is 2.31. The first-order valence-electron chi connectivity index (χ1n) is 11.7. The molecule has 1 aliphatic rings. The number of nitrogens with one attached hydrogen (secondary N) is 2. The second-order valence-corrected chi connectivity index (χ2v) is 8.66. The second kappa shape index (κ2) is 9.53. The minimum Gasteiger partial charge on any atom is -0.388 e. The van der Waals surface area contributed by atoms with E-state index in [9.17, 15) is 4.79 Å². The largest absolute Gasteiger partial charge is 0.388 e. The molecule has 6 heteroatoms. The summed E-state index contributed by atoms with van der Waals surface area (Å²) in [5.74, 6) is 0.842. The highest BCUT2D eigenvalue weighted by molar-refractivity contribution is 5.97. The lowest BCUT2D eigenvalue weighted by atomic mass is 9.94. The molecule has 1 unspecified atom stereocenters. The molecule has 172 valence electrons. The molecule has 1 atom stereocenters. The molecule has 1 aliphatic heterocycles. The molecule has 34 heavy (non-hydrogen) atoms. The third-order valence-electron chi connectivity index (χ3n) is 6.56. The van der Waals surface area contributed by atoms with Crippen LogP contribution in [0.4, 0.5) is 5.69 Å². The van der Waals surface area contributed by atoms with E-state index in [0.717, 1.165) is 45.9 Å². The predicted octanol–water partition coefficient (Wildman–Crippen LogP) is 4.56. The van der Waals surface area contributed by atoms with Crippen molar-refractivity contribution in [3.8, 4) is 11.3 Å². The SMILES string of the molecule is CNc1ccc(-c2cnc(C(Cc3ccccc3)N3CCc4cc(CN)ccc4C3=O)[nH]2)cc1. The Labute approximate surface area is 199 Å². The Morgan fingerprint density at radius 1 is 1.06 bits per heavy atom. The van der Waals surface area contributed by atoms with Crippen molar-refractivity contribution in [3.63, 3.8) is 0 Å². The van der Waals surface area contributed by atoms with E-state index < -0.39 is 0 Å². The molecule has 0 fully saturated rings. The fourth-order valence-electron chi connectivity index (χ4n) is 4.64. The zero-order valence-corrected chi connectivity index (χ0v) is 19.3. The minimum absolute atomic E-state index is 0.0436. The average Bonchev–Trinajstić information content (AvgIpc) is 3.38. The third kappa shape index (κ3) is 4.32. The molecule has 0 aliphatic carbocycles. The first-order valence-corrected chi connectivity index (χ1v) is 11.7. The molecule has 4 aromatic rings. The molecule has 2 heterocycles. The number of aromatic amines is 1. The summed E-state index contributed by atoms with van der Waals surface area (Å²) in [4.78, 5) is 23.8. The lowest BCUT2D eigenvalue weighted by molar-refractivity contribution is 0.0648. The maximum atomic E-state index is 13.6. The molecule has 1 aromatic heterocycles. The lowest BCUT2D eigenvalue weighted by Gasteiger charge is -2.35. The van der Waals surface area contributed by atoms with Gasteiger partial charge in [-0.1, -0.05) is 54.6 Å². The van der Waals surface area contributed by atoms with Crippen molar-refractivity contribution in [1.29, 1.82) is 0 Å². The van der Waals surface area contributed by atoms with Gasteiger partial charge in [-0.05, 0) is 46.9 Å². The molecule has 0 spiro atoms. The number of benzene rings is 3. The summed E-state index contributed by atoms with van der Waals surface area (Å²) in [5, 5.41) is 3.14. The summed E-state index contributed by atoms with van der Waals surface area (Å²) in [6.07, 6.45) is 3.35. The van der Waals surface area contributed by atoms with E-state index >= 15 is 0 Å². The van der Waals surface area contributed by atoms with Crippen LogP contribution in [0.3, 0.4) is 0 Å². The van der Waals surface area contributed by atoms with Gasteiger partial charge in [0.25, 0.3) is 5.91 Å². The Morgan fingerprint density at radius 2 is 1.85 bits per heavy atom. The molecule has 0 saturated heterocycles. The number of anilines is 1. The Hall–Kier alpha value is -3.90. The third-order valence-corrected chi connectivity index (χ3v) is 6.56. The van der Waals surface area contributed by atoms with Gasteiger partial charge >= 0.3 is 0 Å². The van der Waals surface area contributed by atoms with E-state index in [1.807, 2.05) is 60.6 Å². The van der Waals surface area contributed by atoms with Crippen LogP contribution in [0.2, 0.25) is 0 Å². The molecular weight excluding hydrogens is 422 g/mol. The van der Waals surface area contributed by atoms with Crippen LogP contribution in [0.1, 0.15) is 38.9 Å². The van der Waals surface area contributed by atoms with Crippen molar-refractivity contribution in [2.45, 2.75) is 25.4 Å². The fraction of sp³-hybridized carbons (Fsp3) is 0.214. The summed E-state index contributed by atoms with van der Waals surface area (Å²) < 4.78 is 0. The van der Waals surface area contributed by atoms with Crippen LogP contribution in [0.15, 0.2) is 79.0 Å². The van der Waals surface area contributed by atoms with Gasteiger partial charge in [0.05, 0.1) is 17.9 Å². The molecule has 0 bridgehead atoms. The maximum absolute atomic E-state index is 13.6. The van der Waals surface area contributed by atoms with Crippen LogP contribution in [0.5, 0.6) is 0 Å². The second-order valence-electron chi connectivity index (χ2n) is 8.66. The van der Waals surface area contributed by atoms with Gasteiger partial charge in [-0.15, -0.1) is 0 Å². The van der Waals surface area contributed by atoms with Crippen LogP contribution in [0, 0.1) is 0 Å².